The molecular formula is C27H25BrO9S. The topological polar surface area (TPSA) is 125 Å². The molecule has 0 aliphatic carbocycles. The van der Waals surface area contributed by atoms with Crippen LogP contribution in [-0.4, -0.2) is 61.5 Å². The summed E-state index contributed by atoms with van der Waals surface area (Å²) in [5, 5.41) is 10.8. The van der Waals surface area contributed by atoms with E-state index in [0.29, 0.717) is 0 Å². The highest BCUT2D eigenvalue weighted by molar-refractivity contribution is 9.09. The van der Waals surface area contributed by atoms with Crippen molar-refractivity contribution in [3.63, 3.8) is 0 Å². The molecule has 1 aliphatic rings. The Kier molecular flexibility index (Phi) is 8.95. The number of carbonyl (C=O) groups excluding carboxylic acids is 2. The van der Waals surface area contributed by atoms with E-state index in [0.717, 1.165) is 5.56 Å². The quantitative estimate of drug-likeness (QED) is 0.233. The van der Waals surface area contributed by atoms with Gasteiger partial charge in [-0.05, 0) is 43.3 Å². The van der Waals surface area contributed by atoms with Crippen LogP contribution in [0, 0.1) is 6.92 Å². The SMILES string of the molecule is Cc1ccc(S(=O)(=O)O[C@H]2[C@H](OC(=O)c3ccccc3)[C@@H](OC(=O)c3ccccc3)[C@@H](O)O[C@@H]2CBr)cc1. The van der Waals surface area contributed by atoms with Crippen LogP contribution < -0.4 is 0 Å². The van der Waals surface area contributed by atoms with Crippen LogP contribution in [0.3, 0.4) is 0 Å². The average Bonchev–Trinajstić information content (AvgIpc) is 2.92. The summed E-state index contributed by atoms with van der Waals surface area (Å²) in [7, 11) is -4.39. The van der Waals surface area contributed by atoms with Gasteiger partial charge in [0.15, 0.2) is 18.5 Å². The number of aliphatic hydroxyl groups is 1. The summed E-state index contributed by atoms with van der Waals surface area (Å²) in [5.41, 5.74) is 1.17. The van der Waals surface area contributed by atoms with Gasteiger partial charge in [-0.3, -0.25) is 4.18 Å². The van der Waals surface area contributed by atoms with E-state index in [1.165, 1.54) is 36.4 Å². The normalized spacial score (nSPS) is 23.4. The molecule has 1 heterocycles. The first-order valence-corrected chi connectivity index (χ1v) is 14.1. The van der Waals surface area contributed by atoms with Gasteiger partial charge in [0.05, 0.1) is 16.0 Å². The first-order valence-electron chi connectivity index (χ1n) is 11.6. The van der Waals surface area contributed by atoms with Crippen LogP contribution in [0.4, 0.5) is 0 Å². The third kappa shape index (κ3) is 6.48. The second-order valence-corrected chi connectivity index (χ2v) is 10.7. The van der Waals surface area contributed by atoms with Crippen LogP contribution in [0.5, 0.6) is 0 Å². The van der Waals surface area contributed by atoms with E-state index in [1.54, 1.807) is 55.5 Å². The number of esters is 2. The molecule has 4 rings (SSSR count). The first-order chi connectivity index (χ1) is 18.2. The Hall–Kier alpha value is -3.09. The molecule has 0 spiro atoms. The van der Waals surface area contributed by atoms with Crippen molar-refractivity contribution < 1.29 is 41.5 Å². The van der Waals surface area contributed by atoms with Gasteiger partial charge in [-0.1, -0.05) is 70.0 Å². The zero-order valence-corrected chi connectivity index (χ0v) is 22.6. The Morgan fingerprint density at radius 1 is 0.816 bits per heavy atom. The summed E-state index contributed by atoms with van der Waals surface area (Å²) < 4.78 is 48.7. The minimum absolute atomic E-state index is 0.0108. The Balaban J connectivity index is 1.70. The molecule has 3 aromatic carbocycles. The summed E-state index contributed by atoms with van der Waals surface area (Å²) >= 11 is 3.24. The number of ether oxygens (including phenoxy) is 3. The highest BCUT2D eigenvalue weighted by Crippen LogP contribution is 2.32. The number of benzene rings is 3. The van der Waals surface area contributed by atoms with Crippen LogP contribution in [0.25, 0.3) is 0 Å². The zero-order chi connectivity index (χ0) is 27.3. The lowest BCUT2D eigenvalue weighted by molar-refractivity contribution is -0.269. The fraction of sp³-hybridized carbons (Fsp3) is 0.259. The van der Waals surface area contributed by atoms with Crippen LogP contribution in [0.2, 0.25) is 0 Å². The number of rotatable bonds is 8. The minimum Gasteiger partial charge on any atom is -0.452 e. The van der Waals surface area contributed by atoms with E-state index in [2.05, 4.69) is 15.9 Å². The highest BCUT2D eigenvalue weighted by atomic mass is 79.9. The van der Waals surface area contributed by atoms with Crippen molar-refractivity contribution in [2.24, 2.45) is 0 Å². The average molecular weight is 605 g/mol. The Bertz CT molecular complexity index is 1350. The Morgan fingerprint density at radius 3 is 1.82 bits per heavy atom. The molecule has 0 radical (unpaired) electrons. The van der Waals surface area contributed by atoms with Gasteiger partial charge in [0, 0.05) is 5.33 Å². The summed E-state index contributed by atoms with van der Waals surface area (Å²) in [6.07, 6.45) is -7.48. The summed E-state index contributed by atoms with van der Waals surface area (Å²) in [4.78, 5) is 25.8. The van der Waals surface area contributed by atoms with Crippen molar-refractivity contribution in [2.45, 2.75) is 42.5 Å². The van der Waals surface area contributed by atoms with Crippen LogP contribution in [0.1, 0.15) is 26.3 Å². The monoisotopic (exact) mass is 604 g/mol. The number of aryl methyl sites for hydroxylation is 1. The van der Waals surface area contributed by atoms with Gasteiger partial charge in [-0.25, -0.2) is 9.59 Å². The summed E-state index contributed by atoms with van der Waals surface area (Å²) in [5.74, 6) is -1.67. The van der Waals surface area contributed by atoms with Crippen LogP contribution in [0.15, 0.2) is 89.8 Å². The lowest BCUT2D eigenvalue weighted by Gasteiger charge is -2.42. The molecule has 0 aromatic heterocycles. The molecule has 9 nitrogen and oxygen atoms in total. The molecule has 3 aromatic rings. The number of hydrogen-bond acceptors (Lipinski definition) is 9. The van der Waals surface area contributed by atoms with Crippen molar-refractivity contribution in [3.05, 3.63) is 102 Å². The fourth-order valence-electron chi connectivity index (χ4n) is 3.83. The molecule has 38 heavy (non-hydrogen) atoms. The standard InChI is InChI=1S/C27H25BrO9S/c1-17-12-14-20(15-13-17)38(32,33)37-22-21(16-28)34-27(31)24(36-26(30)19-10-6-3-7-11-19)23(22)35-25(29)18-8-4-2-5-9-18/h2-15,21-24,27,31H,16H2,1H3/t21-,22-,23+,24-,27+/m1/s1. The maximum Gasteiger partial charge on any atom is 0.338 e. The third-order valence-electron chi connectivity index (χ3n) is 5.81. The van der Waals surface area contributed by atoms with Crippen molar-refractivity contribution in [3.8, 4) is 0 Å². The predicted octanol–water partition coefficient (Wildman–Crippen LogP) is 3.63. The molecule has 1 aliphatic heterocycles. The van der Waals surface area contributed by atoms with E-state index < -0.39 is 52.8 Å². The minimum atomic E-state index is -4.39. The number of carbonyl (C=O) groups is 2. The molecule has 0 saturated carbocycles. The molecule has 200 valence electrons. The number of aliphatic hydroxyl groups excluding tert-OH is 1. The lowest BCUT2D eigenvalue weighted by atomic mass is 9.99. The zero-order valence-electron chi connectivity index (χ0n) is 20.2. The first kappa shape index (κ1) is 27.9. The van der Waals surface area contributed by atoms with Crippen molar-refractivity contribution in [1.29, 1.82) is 0 Å². The molecular weight excluding hydrogens is 580 g/mol. The number of alkyl halides is 1. The molecule has 11 heteroatoms. The smallest absolute Gasteiger partial charge is 0.338 e. The molecule has 1 N–H and O–H groups in total. The highest BCUT2D eigenvalue weighted by Gasteiger charge is 2.52. The Morgan fingerprint density at radius 2 is 1.32 bits per heavy atom. The maximum absolute atomic E-state index is 13.2. The van der Waals surface area contributed by atoms with Crippen LogP contribution in [-0.2, 0) is 28.5 Å². The van der Waals surface area contributed by atoms with Crippen molar-refractivity contribution in [1.82, 2.24) is 0 Å². The van der Waals surface area contributed by atoms with Gasteiger partial charge >= 0.3 is 11.9 Å². The van der Waals surface area contributed by atoms with Crippen LogP contribution >= 0.6 is 15.9 Å². The van der Waals surface area contributed by atoms with E-state index in [1.807, 2.05) is 0 Å². The van der Waals surface area contributed by atoms with Crippen molar-refractivity contribution in [2.75, 3.05) is 5.33 Å². The number of halogens is 1. The number of hydrogen-bond donors (Lipinski definition) is 1. The second-order valence-electron chi connectivity index (χ2n) is 8.52. The van der Waals surface area contributed by atoms with Gasteiger partial charge in [-0.2, -0.15) is 8.42 Å². The molecule has 1 fully saturated rings. The van der Waals surface area contributed by atoms with E-state index >= 15 is 0 Å². The van der Waals surface area contributed by atoms with Gasteiger partial charge in [0.2, 0.25) is 0 Å². The van der Waals surface area contributed by atoms with Gasteiger partial charge < -0.3 is 19.3 Å². The largest absolute Gasteiger partial charge is 0.452 e. The molecule has 1 saturated heterocycles. The molecule has 0 bridgehead atoms. The predicted molar refractivity (Wildman–Crippen MR) is 139 cm³/mol. The Labute approximate surface area is 228 Å². The van der Waals surface area contributed by atoms with E-state index in [-0.39, 0.29) is 21.4 Å². The molecule has 0 amide bonds. The fourth-order valence-corrected chi connectivity index (χ4v) is 5.46. The van der Waals surface area contributed by atoms with Gasteiger partial charge in [-0.15, -0.1) is 0 Å². The molecule has 0 unspecified atom stereocenters. The van der Waals surface area contributed by atoms with Gasteiger partial charge in [0.25, 0.3) is 10.1 Å². The van der Waals surface area contributed by atoms with E-state index in [9.17, 15) is 23.1 Å². The van der Waals surface area contributed by atoms with E-state index in [4.69, 9.17) is 18.4 Å². The molecule has 5 atom stereocenters. The summed E-state index contributed by atoms with van der Waals surface area (Å²) in [6.45, 7) is 1.80. The maximum atomic E-state index is 13.2. The third-order valence-corrected chi connectivity index (χ3v) is 7.78. The second kappa shape index (κ2) is 12.2. The van der Waals surface area contributed by atoms with Gasteiger partial charge in [0.1, 0.15) is 12.2 Å². The van der Waals surface area contributed by atoms with Crippen molar-refractivity contribution >= 4 is 38.0 Å². The lowest BCUT2D eigenvalue weighted by Crippen LogP contribution is -2.61. The summed E-state index contributed by atoms with van der Waals surface area (Å²) in [6, 6.07) is 21.9.